The highest BCUT2D eigenvalue weighted by atomic mass is 15.0. The van der Waals surface area contributed by atoms with Crippen LogP contribution in [0.3, 0.4) is 0 Å². The molecule has 0 spiro atoms. The molecule has 0 bridgehead atoms. The zero-order valence-corrected chi connectivity index (χ0v) is 38.1. The first-order chi connectivity index (χ1) is 33.9. The van der Waals surface area contributed by atoms with Crippen molar-refractivity contribution in [2.75, 3.05) is 0 Å². The zero-order chi connectivity index (χ0) is 46.1. The second-order valence-electron chi connectivity index (χ2n) is 18.6. The van der Waals surface area contributed by atoms with Crippen LogP contribution in [-0.4, -0.2) is 24.9 Å². The highest BCUT2D eigenvalue weighted by molar-refractivity contribution is 5.95. The van der Waals surface area contributed by atoms with Crippen molar-refractivity contribution >= 4 is 32.3 Å². The maximum Gasteiger partial charge on any atom is 0.164 e. The zero-order valence-electron chi connectivity index (χ0n) is 38.1. The topological polar surface area (TPSA) is 64.5 Å². The number of fused-ring (bicyclic) bond motifs is 6. The van der Waals surface area contributed by atoms with Gasteiger partial charge in [0.15, 0.2) is 23.3 Å². The second-order valence-corrected chi connectivity index (χ2v) is 18.6. The van der Waals surface area contributed by atoms with Crippen LogP contribution in [0.5, 0.6) is 0 Å². The maximum absolute atomic E-state index is 5.25. The predicted molar refractivity (Wildman–Crippen MR) is 284 cm³/mol. The van der Waals surface area contributed by atoms with Gasteiger partial charge in [0.25, 0.3) is 0 Å². The minimum Gasteiger partial charge on any atom is -0.228 e. The number of hydrogen-bond donors (Lipinski definition) is 0. The summed E-state index contributed by atoms with van der Waals surface area (Å²) in [6.45, 7) is 4.68. The van der Waals surface area contributed by atoms with Crippen molar-refractivity contribution < 1.29 is 0 Å². The van der Waals surface area contributed by atoms with Gasteiger partial charge in [0.05, 0.1) is 11.4 Å². The van der Waals surface area contributed by atoms with Gasteiger partial charge in [-0.15, -0.1) is 0 Å². The molecule has 0 radical (unpaired) electrons. The fraction of sp³-hybridized carbons (Fsp3) is 0.0469. The molecular formula is C64H43N5. The first kappa shape index (κ1) is 40.4. The summed E-state index contributed by atoms with van der Waals surface area (Å²) < 4.78 is 0. The Balaban J connectivity index is 0.898. The van der Waals surface area contributed by atoms with Gasteiger partial charge in [-0.2, -0.15) is 0 Å². The van der Waals surface area contributed by atoms with Gasteiger partial charge in [0.2, 0.25) is 0 Å². The minimum atomic E-state index is -0.178. The lowest BCUT2D eigenvalue weighted by atomic mass is 9.81. The predicted octanol–water partition coefficient (Wildman–Crippen LogP) is 16.1. The third-order valence-electron chi connectivity index (χ3n) is 13.9. The normalized spacial score (nSPS) is 12.6. The Kier molecular flexibility index (Phi) is 9.44. The third-order valence-corrected chi connectivity index (χ3v) is 13.9. The molecule has 2 heterocycles. The SMILES string of the molecule is CC1(C)c2cc(-c3cc(-c4cccc(-c5cccc(-c6nc(-c7ccc8ccccc8c7)nc(-c7ccc8ccccc8c7)n6)c5)c4)nc(-c4ccccc4)n3)ccc2-c2cc3ccccc3cc21. The molecule has 1 aliphatic carbocycles. The van der Waals surface area contributed by atoms with E-state index in [0.717, 1.165) is 66.7 Å². The molecule has 5 heteroatoms. The van der Waals surface area contributed by atoms with Gasteiger partial charge in [-0.05, 0) is 114 Å². The number of aromatic nitrogens is 5. The standard InChI is InChI=1S/C64H43N5/c1-64(2)56-38-50(30-31-54(56)55-36-47-20-10-11-21-48(47)37-57(55)64)59-39-58(65-60(66-59)42-16-4-3-5-17-42)49-24-12-22-45(32-49)46-23-13-25-51(35-46)61-67-62(52-28-26-40-14-6-8-18-43(40)33-52)69-63(68-61)53-29-27-41-15-7-9-19-44(41)34-53/h3-39H,1-2H3. The number of rotatable bonds is 7. The first-order valence-electron chi connectivity index (χ1n) is 23.5. The Morgan fingerprint density at radius 1 is 0.246 bits per heavy atom. The molecule has 0 aliphatic heterocycles. The first-order valence-corrected chi connectivity index (χ1v) is 23.5. The maximum atomic E-state index is 5.25. The summed E-state index contributed by atoms with van der Waals surface area (Å²) in [4.78, 5) is 25.9. The van der Waals surface area contributed by atoms with E-state index in [1.807, 2.05) is 18.2 Å². The van der Waals surface area contributed by atoms with Crippen molar-refractivity contribution in [3.8, 4) is 90.3 Å². The van der Waals surface area contributed by atoms with Crippen LogP contribution in [0.15, 0.2) is 224 Å². The van der Waals surface area contributed by atoms with E-state index in [9.17, 15) is 0 Å². The van der Waals surface area contributed by atoms with Crippen LogP contribution >= 0.6 is 0 Å². The molecule has 13 rings (SSSR count). The molecule has 0 unspecified atom stereocenters. The van der Waals surface area contributed by atoms with Crippen LogP contribution in [0.25, 0.3) is 123 Å². The van der Waals surface area contributed by atoms with Gasteiger partial charge >= 0.3 is 0 Å². The molecule has 0 saturated carbocycles. The summed E-state index contributed by atoms with van der Waals surface area (Å²) >= 11 is 0. The summed E-state index contributed by atoms with van der Waals surface area (Å²) in [6.07, 6.45) is 0. The van der Waals surface area contributed by atoms with Gasteiger partial charge in [0, 0.05) is 38.8 Å². The van der Waals surface area contributed by atoms with E-state index in [2.05, 4.69) is 220 Å². The molecule has 324 valence electrons. The molecule has 0 fully saturated rings. The minimum absolute atomic E-state index is 0.178. The van der Waals surface area contributed by atoms with Crippen molar-refractivity contribution in [2.24, 2.45) is 0 Å². The Hall–Kier alpha value is -8.93. The lowest BCUT2D eigenvalue weighted by Gasteiger charge is -2.22. The molecule has 5 nitrogen and oxygen atoms in total. The fourth-order valence-electron chi connectivity index (χ4n) is 10.2. The summed E-state index contributed by atoms with van der Waals surface area (Å²) in [5.74, 6) is 2.54. The van der Waals surface area contributed by atoms with E-state index < -0.39 is 0 Å². The molecule has 0 saturated heterocycles. The highest BCUT2D eigenvalue weighted by Crippen LogP contribution is 2.51. The van der Waals surface area contributed by atoms with Crippen molar-refractivity contribution in [1.29, 1.82) is 0 Å². The summed E-state index contributed by atoms with van der Waals surface area (Å²) in [6, 6.07) is 79.3. The van der Waals surface area contributed by atoms with Gasteiger partial charge in [-0.1, -0.05) is 190 Å². The largest absolute Gasteiger partial charge is 0.228 e. The van der Waals surface area contributed by atoms with Crippen molar-refractivity contribution in [2.45, 2.75) is 19.3 Å². The lowest BCUT2D eigenvalue weighted by Crippen LogP contribution is -2.15. The van der Waals surface area contributed by atoms with Crippen LogP contribution in [0.2, 0.25) is 0 Å². The van der Waals surface area contributed by atoms with Gasteiger partial charge in [-0.3, -0.25) is 0 Å². The number of hydrogen-bond acceptors (Lipinski definition) is 5. The second kappa shape index (κ2) is 16.1. The van der Waals surface area contributed by atoms with Crippen molar-refractivity contribution in [3.05, 3.63) is 236 Å². The van der Waals surface area contributed by atoms with Gasteiger partial charge < -0.3 is 0 Å². The molecule has 2 aromatic heterocycles. The monoisotopic (exact) mass is 881 g/mol. The van der Waals surface area contributed by atoms with E-state index in [4.69, 9.17) is 24.9 Å². The third kappa shape index (κ3) is 7.23. The highest BCUT2D eigenvalue weighted by Gasteiger charge is 2.36. The Labute approximate surface area is 400 Å². The van der Waals surface area contributed by atoms with Crippen LogP contribution in [0.1, 0.15) is 25.0 Å². The summed E-state index contributed by atoms with van der Waals surface area (Å²) in [5.41, 5.74) is 14.7. The summed E-state index contributed by atoms with van der Waals surface area (Å²) in [7, 11) is 0. The fourth-order valence-corrected chi connectivity index (χ4v) is 10.2. The molecular weight excluding hydrogens is 839 g/mol. The molecule has 0 amide bonds. The van der Waals surface area contributed by atoms with E-state index in [1.165, 1.54) is 43.8 Å². The van der Waals surface area contributed by atoms with Crippen LogP contribution in [-0.2, 0) is 5.41 Å². The van der Waals surface area contributed by atoms with Crippen molar-refractivity contribution in [1.82, 2.24) is 24.9 Å². The smallest absolute Gasteiger partial charge is 0.164 e. The lowest BCUT2D eigenvalue weighted by molar-refractivity contribution is 0.661. The van der Waals surface area contributed by atoms with Crippen LogP contribution in [0, 0.1) is 0 Å². The molecule has 69 heavy (non-hydrogen) atoms. The van der Waals surface area contributed by atoms with Gasteiger partial charge in [0.1, 0.15) is 0 Å². The molecule has 0 N–H and O–H groups in total. The van der Waals surface area contributed by atoms with E-state index >= 15 is 0 Å². The van der Waals surface area contributed by atoms with Crippen LogP contribution < -0.4 is 0 Å². The molecule has 12 aromatic rings. The number of benzene rings is 10. The number of nitrogens with zero attached hydrogens (tertiary/aromatic N) is 5. The molecule has 0 atom stereocenters. The van der Waals surface area contributed by atoms with E-state index in [0.29, 0.717) is 23.3 Å². The Bertz CT molecular complexity index is 3910. The Morgan fingerprint density at radius 3 is 1.25 bits per heavy atom. The van der Waals surface area contributed by atoms with Crippen molar-refractivity contribution in [3.63, 3.8) is 0 Å². The Morgan fingerprint density at radius 2 is 0.652 bits per heavy atom. The quantitative estimate of drug-likeness (QED) is 0.160. The average Bonchev–Trinajstić information content (AvgIpc) is 3.63. The molecule has 10 aromatic carbocycles. The van der Waals surface area contributed by atoms with E-state index in [1.54, 1.807) is 0 Å². The average molecular weight is 882 g/mol. The molecule has 1 aliphatic rings. The van der Waals surface area contributed by atoms with Crippen LogP contribution in [0.4, 0.5) is 0 Å². The van der Waals surface area contributed by atoms with Gasteiger partial charge in [-0.25, -0.2) is 24.9 Å². The summed E-state index contributed by atoms with van der Waals surface area (Å²) in [5, 5.41) is 7.13. The van der Waals surface area contributed by atoms with E-state index in [-0.39, 0.29) is 5.41 Å².